The molecule has 1 aromatic heterocycles. The van der Waals surface area contributed by atoms with Crippen LogP contribution in [0.25, 0.3) is 0 Å². The highest BCUT2D eigenvalue weighted by atomic mass is 16.3. The lowest BCUT2D eigenvalue weighted by Gasteiger charge is -2.28. The smallest absolute Gasteiger partial charge is 0.242 e. The minimum atomic E-state index is -0.0510. The van der Waals surface area contributed by atoms with Crippen LogP contribution in [0, 0.1) is 11.8 Å². The quantitative estimate of drug-likeness (QED) is 0.678. The molecule has 1 aliphatic carbocycles. The van der Waals surface area contributed by atoms with Crippen LogP contribution in [0.2, 0.25) is 0 Å². The monoisotopic (exact) mass is 368 g/mol. The second-order valence-electron chi connectivity index (χ2n) is 7.70. The van der Waals surface area contributed by atoms with Gasteiger partial charge in [-0.3, -0.25) is 9.59 Å². The summed E-state index contributed by atoms with van der Waals surface area (Å²) in [5, 5.41) is 0. The fraction of sp³-hybridized carbons (Fsp3) is 0.455. The SMILES string of the molecule is CC(C)CN(CC(=O)N(Cc1ccccc1)Cc1ccco1)C(=O)C1CC1. The molecule has 1 aromatic carbocycles. The second-order valence-corrected chi connectivity index (χ2v) is 7.70. The molecule has 0 saturated heterocycles. The molecule has 5 heteroatoms. The van der Waals surface area contributed by atoms with E-state index in [4.69, 9.17) is 4.42 Å². The molecule has 1 heterocycles. The van der Waals surface area contributed by atoms with Crippen LogP contribution in [0.15, 0.2) is 53.1 Å². The first-order valence-corrected chi connectivity index (χ1v) is 9.66. The van der Waals surface area contributed by atoms with E-state index in [9.17, 15) is 9.59 Å². The average molecular weight is 368 g/mol. The number of rotatable bonds is 9. The Balaban J connectivity index is 1.72. The molecule has 0 atom stereocenters. The molecule has 144 valence electrons. The standard InChI is InChI=1S/C22H28N2O3/c1-17(2)13-24(22(26)19-10-11-19)16-21(25)23(15-20-9-6-12-27-20)14-18-7-4-3-5-8-18/h3-9,12,17,19H,10-11,13-16H2,1-2H3. The lowest BCUT2D eigenvalue weighted by molar-refractivity contribution is -0.142. The van der Waals surface area contributed by atoms with Crippen molar-refractivity contribution in [1.82, 2.24) is 9.80 Å². The highest BCUT2D eigenvalue weighted by Crippen LogP contribution is 2.31. The van der Waals surface area contributed by atoms with E-state index in [1.807, 2.05) is 42.5 Å². The summed E-state index contributed by atoms with van der Waals surface area (Å²) in [6, 6.07) is 13.6. The van der Waals surface area contributed by atoms with Crippen LogP contribution in [0.4, 0.5) is 0 Å². The van der Waals surface area contributed by atoms with Crippen LogP contribution in [-0.4, -0.2) is 34.7 Å². The minimum Gasteiger partial charge on any atom is -0.467 e. The third kappa shape index (κ3) is 5.71. The van der Waals surface area contributed by atoms with Crippen molar-refractivity contribution < 1.29 is 14.0 Å². The number of amides is 2. The number of nitrogens with zero attached hydrogens (tertiary/aromatic N) is 2. The number of hydrogen-bond donors (Lipinski definition) is 0. The zero-order valence-electron chi connectivity index (χ0n) is 16.1. The first-order chi connectivity index (χ1) is 13.0. The lowest BCUT2D eigenvalue weighted by atomic mass is 10.1. The van der Waals surface area contributed by atoms with Crippen LogP contribution in [0.1, 0.15) is 38.0 Å². The Morgan fingerprint density at radius 3 is 2.37 bits per heavy atom. The Morgan fingerprint density at radius 2 is 1.78 bits per heavy atom. The van der Waals surface area contributed by atoms with E-state index in [2.05, 4.69) is 13.8 Å². The van der Waals surface area contributed by atoms with Gasteiger partial charge in [0.1, 0.15) is 5.76 Å². The van der Waals surface area contributed by atoms with E-state index in [0.29, 0.717) is 25.6 Å². The average Bonchev–Trinajstić information content (AvgIpc) is 3.37. The Kier molecular flexibility index (Phi) is 6.32. The van der Waals surface area contributed by atoms with Crippen LogP contribution >= 0.6 is 0 Å². The first kappa shape index (κ1) is 19.2. The zero-order chi connectivity index (χ0) is 19.2. The van der Waals surface area contributed by atoms with Gasteiger partial charge >= 0.3 is 0 Å². The Bertz CT molecular complexity index is 736. The molecule has 0 aliphatic heterocycles. The topological polar surface area (TPSA) is 53.8 Å². The van der Waals surface area contributed by atoms with Crippen molar-refractivity contribution in [3.05, 3.63) is 60.1 Å². The number of carbonyl (C=O) groups is 2. The molecular formula is C22H28N2O3. The predicted molar refractivity (Wildman–Crippen MR) is 104 cm³/mol. The molecule has 0 bridgehead atoms. The summed E-state index contributed by atoms with van der Waals surface area (Å²) >= 11 is 0. The van der Waals surface area contributed by atoms with E-state index in [-0.39, 0.29) is 24.3 Å². The van der Waals surface area contributed by atoms with Gasteiger partial charge in [0.15, 0.2) is 0 Å². The van der Waals surface area contributed by atoms with Crippen molar-refractivity contribution in [2.45, 2.75) is 39.8 Å². The number of carbonyl (C=O) groups excluding carboxylic acids is 2. The second kappa shape index (κ2) is 8.89. The maximum Gasteiger partial charge on any atom is 0.242 e. The summed E-state index contributed by atoms with van der Waals surface area (Å²) in [4.78, 5) is 29.2. The van der Waals surface area contributed by atoms with Gasteiger partial charge in [0, 0.05) is 19.0 Å². The molecule has 27 heavy (non-hydrogen) atoms. The van der Waals surface area contributed by atoms with E-state index < -0.39 is 0 Å². The van der Waals surface area contributed by atoms with Crippen LogP contribution in [0.3, 0.4) is 0 Å². The fourth-order valence-electron chi connectivity index (χ4n) is 3.15. The van der Waals surface area contributed by atoms with Gasteiger partial charge < -0.3 is 14.2 Å². The molecule has 0 N–H and O–H groups in total. The van der Waals surface area contributed by atoms with E-state index in [0.717, 1.165) is 24.2 Å². The fourth-order valence-corrected chi connectivity index (χ4v) is 3.15. The summed E-state index contributed by atoms with van der Waals surface area (Å²) < 4.78 is 5.44. The summed E-state index contributed by atoms with van der Waals surface area (Å²) in [5.41, 5.74) is 1.06. The molecule has 1 aliphatic rings. The molecule has 0 unspecified atom stereocenters. The highest BCUT2D eigenvalue weighted by molar-refractivity contribution is 5.87. The van der Waals surface area contributed by atoms with Crippen molar-refractivity contribution in [2.24, 2.45) is 11.8 Å². The number of hydrogen-bond acceptors (Lipinski definition) is 3. The molecule has 1 saturated carbocycles. The zero-order valence-corrected chi connectivity index (χ0v) is 16.1. The summed E-state index contributed by atoms with van der Waals surface area (Å²) in [5.74, 6) is 1.25. The van der Waals surface area contributed by atoms with Crippen molar-refractivity contribution in [1.29, 1.82) is 0 Å². The molecule has 2 amide bonds. The van der Waals surface area contributed by atoms with E-state index >= 15 is 0 Å². The number of furan rings is 1. The molecule has 0 spiro atoms. The molecule has 5 nitrogen and oxygen atoms in total. The van der Waals surface area contributed by atoms with E-state index in [1.54, 1.807) is 16.1 Å². The molecule has 0 radical (unpaired) electrons. The van der Waals surface area contributed by atoms with Crippen LogP contribution in [-0.2, 0) is 22.7 Å². The predicted octanol–water partition coefficient (Wildman–Crippen LogP) is 3.70. The minimum absolute atomic E-state index is 0.0510. The Labute approximate surface area is 160 Å². The summed E-state index contributed by atoms with van der Waals surface area (Å²) in [7, 11) is 0. The molecule has 3 rings (SSSR count). The summed E-state index contributed by atoms with van der Waals surface area (Å²) in [6.45, 7) is 5.77. The Morgan fingerprint density at radius 1 is 1.04 bits per heavy atom. The van der Waals surface area contributed by atoms with E-state index in [1.165, 1.54) is 0 Å². The van der Waals surface area contributed by atoms with Gasteiger partial charge in [-0.25, -0.2) is 0 Å². The number of benzene rings is 1. The lowest BCUT2D eigenvalue weighted by Crippen LogP contribution is -2.44. The van der Waals surface area contributed by atoms with Gasteiger partial charge in [0.25, 0.3) is 0 Å². The van der Waals surface area contributed by atoms with Gasteiger partial charge in [-0.2, -0.15) is 0 Å². The van der Waals surface area contributed by atoms with Crippen LogP contribution in [0.5, 0.6) is 0 Å². The van der Waals surface area contributed by atoms with Crippen molar-refractivity contribution in [3.63, 3.8) is 0 Å². The van der Waals surface area contributed by atoms with Crippen molar-refractivity contribution in [2.75, 3.05) is 13.1 Å². The third-order valence-electron chi connectivity index (χ3n) is 4.65. The van der Waals surface area contributed by atoms with Crippen molar-refractivity contribution in [3.8, 4) is 0 Å². The maximum absolute atomic E-state index is 13.1. The highest BCUT2D eigenvalue weighted by Gasteiger charge is 2.35. The normalized spacial score (nSPS) is 13.6. The summed E-state index contributed by atoms with van der Waals surface area (Å²) in [6.07, 6.45) is 3.51. The Hall–Kier alpha value is -2.56. The molecule has 2 aromatic rings. The largest absolute Gasteiger partial charge is 0.467 e. The van der Waals surface area contributed by atoms with Crippen molar-refractivity contribution >= 4 is 11.8 Å². The van der Waals surface area contributed by atoms with Gasteiger partial charge in [-0.05, 0) is 36.5 Å². The van der Waals surface area contributed by atoms with Gasteiger partial charge in [0.05, 0.1) is 19.4 Å². The van der Waals surface area contributed by atoms with Gasteiger partial charge in [-0.1, -0.05) is 44.2 Å². The third-order valence-corrected chi connectivity index (χ3v) is 4.65. The van der Waals surface area contributed by atoms with Gasteiger partial charge in [-0.15, -0.1) is 0 Å². The maximum atomic E-state index is 13.1. The van der Waals surface area contributed by atoms with Gasteiger partial charge in [0.2, 0.25) is 11.8 Å². The molecule has 1 fully saturated rings. The first-order valence-electron chi connectivity index (χ1n) is 9.66. The van der Waals surface area contributed by atoms with Crippen LogP contribution < -0.4 is 0 Å². The molecular weight excluding hydrogens is 340 g/mol.